The molecule has 0 radical (unpaired) electrons. The molecule has 0 spiro atoms. The van der Waals surface area contributed by atoms with E-state index in [2.05, 4.69) is 5.32 Å². The number of rotatable bonds is 5. The van der Waals surface area contributed by atoms with Crippen molar-refractivity contribution in [2.75, 3.05) is 29.5 Å². The minimum absolute atomic E-state index is 0.231. The third-order valence-corrected chi connectivity index (χ3v) is 4.70. The van der Waals surface area contributed by atoms with Crippen molar-refractivity contribution in [3.63, 3.8) is 0 Å². The molecule has 1 heterocycles. The van der Waals surface area contributed by atoms with Gasteiger partial charge in [0.05, 0.1) is 5.56 Å². The van der Waals surface area contributed by atoms with E-state index in [0.29, 0.717) is 31.0 Å². The van der Waals surface area contributed by atoms with Crippen LogP contribution in [0, 0.1) is 0 Å². The Morgan fingerprint density at radius 3 is 2.86 bits per heavy atom. The molecule has 1 atom stereocenters. The maximum atomic E-state index is 12.1. The van der Waals surface area contributed by atoms with Crippen molar-refractivity contribution in [2.45, 2.75) is 13.3 Å². The second-order valence-corrected chi connectivity index (χ2v) is 6.58. The van der Waals surface area contributed by atoms with Gasteiger partial charge in [-0.25, -0.2) is 9.59 Å². The second kappa shape index (κ2) is 6.71. The second-order valence-electron chi connectivity index (χ2n) is 4.71. The van der Waals surface area contributed by atoms with E-state index in [1.54, 1.807) is 17.0 Å². The van der Waals surface area contributed by atoms with Gasteiger partial charge in [0.2, 0.25) is 0 Å². The van der Waals surface area contributed by atoms with Crippen LogP contribution >= 0.6 is 0 Å². The number of anilines is 1. The molecule has 7 heteroatoms. The molecular weight excluding hydrogens is 292 g/mol. The lowest BCUT2D eigenvalue weighted by Crippen LogP contribution is -2.40. The van der Waals surface area contributed by atoms with E-state index in [1.165, 1.54) is 6.07 Å². The number of carboxylic acids is 1. The number of fused-ring (bicyclic) bond motifs is 1. The van der Waals surface area contributed by atoms with Crippen LogP contribution in [0.15, 0.2) is 18.2 Å². The van der Waals surface area contributed by atoms with E-state index in [9.17, 15) is 13.8 Å². The van der Waals surface area contributed by atoms with Crippen molar-refractivity contribution >= 4 is 28.5 Å². The SMILES string of the molecule is CCS(=O)CCNC(=O)N1CCc2cc(C(=O)O)ccc21. The Kier molecular flexibility index (Phi) is 4.95. The van der Waals surface area contributed by atoms with Crippen molar-refractivity contribution in [3.8, 4) is 0 Å². The molecule has 1 aromatic rings. The highest BCUT2D eigenvalue weighted by molar-refractivity contribution is 7.84. The van der Waals surface area contributed by atoms with E-state index in [0.717, 1.165) is 11.3 Å². The summed E-state index contributed by atoms with van der Waals surface area (Å²) in [6, 6.07) is 4.54. The fraction of sp³-hybridized carbons (Fsp3) is 0.429. The summed E-state index contributed by atoms with van der Waals surface area (Å²) >= 11 is 0. The van der Waals surface area contributed by atoms with E-state index >= 15 is 0 Å². The molecule has 1 aliphatic rings. The molecule has 0 fully saturated rings. The predicted octanol–water partition coefficient (Wildman–Crippen LogP) is 1.23. The molecule has 114 valence electrons. The van der Waals surface area contributed by atoms with Crippen LogP contribution in [-0.2, 0) is 17.2 Å². The number of nitrogens with zero attached hydrogens (tertiary/aromatic N) is 1. The van der Waals surface area contributed by atoms with Gasteiger partial charge in [0.15, 0.2) is 0 Å². The summed E-state index contributed by atoms with van der Waals surface area (Å²) in [6.07, 6.45) is 0.644. The highest BCUT2D eigenvalue weighted by atomic mass is 32.2. The number of aromatic carboxylic acids is 1. The number of hydrogen-bond donors (Lipinski definition) is 2. The Balaban J connectivity index is 2.00. The van der Waals surface area contributed by atoms with Gasteiger partial charge in [-0.2, -0.15) is 0 Å². The van der Waals surface area contributed by atoms with Crippen molar-refractivity contribution in [1.29, 1.82) is 0 Å². The average Bonchev–Trinajstić information content (AvgIpc) is 2.89. The molecule has 0 aliphatic carbocycles. The molecule has 0 bridgehead atoms. The van der Waals surface area contributed by atoms with Gasteiger partial charge in [-0.1, -0.05) is 6.92 Å². The Morgan fingerprint density at radius 2 is 2.19 bits per heavy atom. The quantitative estimate of drug-likeness (QED) is 0.856. The number of carbonyl (C=O) groups excluding carboxylic acids is 1. The molecule has 1 aromatic carbocycles. The van der Waals surface area contributed by atoms with Crippen molar-refractivity contribution in [3.05, 3.63) is 29.3 Å². The molecule has 0 aromatic heterocycles. The lowest BCUT2D eigenvalue weighted by Gasteiger charge is -2.18. The minimum atomic E-state index is -0.970. The first-order valence-corrected chi connectivity index (χ1v) is 8.28. The summed E-state index contributed by atoms with van der Waals surface area (Å²) in [6.45, 7) is 2.74. The Labute approximate surface area is 125 Å². The molecule has 0 saturated carbocycles. The van der Waals surface area contributed by atoms with E-state index in [4.69, 9.17) is 5.11 Å². The monoisotopic (exact) mass is 310 g/mol. The molecule has 2 amide bonds. The fourth-order valence-electron chi connectivity index (χ4n) is 2.26. The summed E-state index contributed by atoms with van der Waals surface area (Å²) in [5, 5.41) is 11.7. The van der Waals surface area contributed by atoms with Crippen LogP contribution in [0.3, 0.4) is 0 Å². The smallest absolute Gasteiger partial charge is 0.335 e. The van der Waals surface area contributed by atoms with Crippen molar-refractivity contribution in [1.82, 2.24) is 5.32 Å². The van der Waals surface area contributed by atoms with E-state index in [-0.39, 0.29) is 11.6 Å². The third-order valence-electron chi connectivity index (χ3n) is 3.40. The molecule has 6 nitrogen and oxygen atoms in total. The largest absolute Gasteiger partial charge is 0.478 e. The summed E-state index contributed by atoms with van der Waals surface area (Å²) < 4.78 is 11.3. The maximum Gasteiger partial charge on any atom is 0.335 e. The number of nitrogens with one attached hydrogen (secondary N) is 1. The van der Waals surface area contributed by atoms with Crippen LogP contribution in [0.2, 0.25) is 0 Å². The Bertz CT molecular complexity index is 588. The van der Waals surface area contributed by atoms with Crippen LogP contribution < -0.4 is 10.2 Å². The molecule has 0 saturated heterocycles. The maximum absolute atomic E-state index is 12.1. The minimum Gasteiger partial charge on any atom is -0.478 e. The topological polar surface area (TPSA) is 86.7 Å². The molecule has 1 aliphatic heterocycles. The van der Waals surface area contributed by atoms with Gasteiger partial charge < -0.3 is 10.4 Å². The van der Waals surface area contributed by atoms with Crippen LogP contribution in [0.5, 0.6) is 0 Å². The first-order valence-electron chi connectivity index (χ1n) is 6.79. The molecule has 21 heavy (non-hydrogen) atoms. The standard InChI is InChI=1S/C14H18N2O4S/c1-2-21(20)8-6-15-14(19)16-7-5-10-9-11(13(17)18)3-4-12(10)16/h3-4,9H,2,5-8H2,1H3,(H,15,19)(H,17,18). The predicted molar refractivity (Wildman–Crippen MR) is 81.4 cm³/mol. The highest BCUT2D eigenvalue weighted by Crippen LogP contribution is 2.28. The Hall–Kier alpha value is -1.89. The lowest BCUT2D eigenvalue weighted by molar-refractivity contribution is 0.0697. The lowest BCUT2D eigenvalue weighted by atomic mass is 10.1. The molecule has 2 N–H and O–H groups in total. The first-order chi connectivity index (χ1) is 10.0. The van der Waals surface area contributed by atoms with Gasteiger partial charge in [0, 0.05) is 41.1 Å². The molecular formula is C14H18N2O4S. The number of benzene rings is 1. The van der Waals surface area contributed by atoms with Gasteiger partial charge in [-0.3, -0.25) is 9.11 Å². The first kappa shape index (κ1) is 15.5. The van der Waals surface area contributed by atoms with Crippen LogP contribution in [0.4, 0.5) is 10.5 Å². The normalized spacial score (nSPS) is 14.6. The van der Waals surface area contributed by atoms with Gasteiger partial charge in [-0.05, 0) is 30.2 Å². The number of carboxylic acid groups (broad SMARTS) is 1. The van der Waals surface area contributed by atoms with Crippen molar-refractivity contribution in [2.24, 2.45) is 0 Å². The van der Waals surface area contributed by atoms with Crippen LogP contribution in [-0.4, -0.2) is 45.9 Å². The summed E-state index contributed by atoms with van der Waals surface area (Å²) in [7, 11) is -0.897. The Morgan fingerprint density at radius 1 is 1.43 bits per heavy atom. The summed E-state index contributed by atoms with van der Waals surface area (Å²) in [5.41, 5.74) is 1.84. The average molecular weight is 310 g/mol. The number of carbonyl (C=O) groups is 2. The zero-order chi connectivity index (χ0) is 15.4. The number of amides is 2. The van der Waals surface area contributed by atoms with Gasteiger partial charge >= 0.3 is 12.0 Å². The summed E-state index contributed by atoms with van der Waals surface area (Å²) in [4.78, 5) is 24.6. The van der Waals surface area contributed by atoms with Gasteiger partial charge in [-0.15, -0.1) is 0 Å². The van der Waals surface area contributed by atoms with E-state index < -0.39 is 16.8 Å². The van der Waals surface area contributed by atoms with Gasteiger partial charge in [0.25, 0.3) is 0 Å². The zero-order valence-electron chi connectivity index (χ0n) is 11.8. The zero-order valence-corrected chi connectivity index (χ0v) is 12.6. The van der Waals surface area contributed by atoms with Crippen LogP contribution in [0.1, 0.15) is 22.8 Å². The molecule has 2 rings (SSSR count). The summed E-state index contributed by atoms with van der Waals surface area (Å²) in [5.74, 6) is 0.0594. The third kappa shape index (κ3) is 3.60. The van der Waals surface area contributed by atoms with Crippen molar-refractivity contribution < 1.29 is 18.9 Å². The van der Waals surface area contributed by atoms with Crippen LogP contribution in [0.25, 0.3) is 0 Å². The highest BCUT2D eigenvalue weighted by Gasteiger charge is 2.25. The molecule has 1 unspecified atom stereocenters. The van der Waals surface area contributed by atoms with E-state index in [1.807, 2.05) is 6.92 Å². The number of urea groups is 1. The van der Waals surface area contributed by atoms with Gasteiger partial charge in [0.1, 0.15) is 0 Å². The number of hydrogen-bond acceptors (Lipinski definition) is 3. The fourth-order valence-corrected chi connectivity index (χ4v) is 2.88.